The van der Waals surface area contributed by atoms with Crippen molar-refractivity contribution in [3.8, 4) is 0 Å². The van der Waals surface area contributed by atoms with Crippen LogP contribution in [0.4, 0.5) is 0 Å². The second kappa shape index (κ2) is 8.56. The van der Waals surface area contributed by atoms with Crippen molar-refractivity contribution in [2.45, 2.75) is 25.4 Å². The average molecular weight is 392 g/mol. The standard InChI is InChI=1S/C20H19Cl2NO3/c21-16-10-9-15(13-17(16)22)20(25)26-18(14-7-3-1-4-8-14)19(24)23-11-5-2-6-12-23/h1,3-4,7-10,13,18H,2,5-6,11-12H2/t18-/m1/s1. The van der Waals surface area contributed by atoms with E-state index in [-0.39, 0.29) is 16.5 Å². The Bertz CT molecular complexity index is 789. The number of halogens is 2. The third kappa shape index (κ3) is 4.37. The summed E-state index contributed by atoms with van der Waals surface area (Å²) in [5, 5.41) is 0.618. The zero-order chi connectivity index (χ0) is 18.5. The molecule has 0 saturated carbocycles. The van der Waals surface area contributed by atoms with Crippen molar-refractivity contribution in [3.05, 3.63) is 69.7 Å². The van der Waals surface area contributed by atoms with Gasteiger partial charge in [-0.05, 0) is 37.5 Å². The van der Waals surface area contributed by atoms with Crippen molar-refractivity contribution in [2.24, 2.45) is 0 Å². The highest BCUT2D eigenvalue weighted by molar-refractivity contribution is 6.42. The summed E-state index contributed by atoms with van der Waals surface area (Å²) >= 11 is 11.9. The number of carbonyl (C=O) groups excluding carboxylic acids is 2. The lowest BCUT2D eigenvalue weighted by Crippen LogP contribution is -2.40. The minimum absolute atomic E-state index is 0.190. The van der Waals surface area contributed by atoms with Gasteiger partial charge in [-0.1, -0.05) is 53.5 Å². The smallest absolute Gasteiger partial charge is 0.339 e. The molecule has 3 rings (SSSR count). The van der Waals surface area contributed by atoms with Gasteiger partial charge in [-0.15, -0.1) is 0 Å². The van der Waals surface area contributed by atoms with Crippen molar-refractivity contribution in [3.63, 3.8) is 0 Å². The summed E-state index contributed by atoms with van der Waals surface area (Å²) in [6.07, 6.45) is 2.07. The van der Waals surface area contributed by atoms with E-state index in [1.807, 2.05) is 18.2 Å². The monoisotopic (exact) mass is 391 g/mol. The van der Waals surface area contributed by atoms with E-state index in [2.05, 4.69) is 0 Å². The Morgan fingerprint density at radius 1 is 0.923 bits per heavy atom. The molecule has 26 heavy (non-hydrogen) atoms. The zero-order valence-corrected chi connectivity index (χ0v) is 15.7. The Morgan fingerprint density at radius 3 is 2.27 bits per heavy atom. The number of benzene rings is 2. The molecule has 1 heterocycles. The summed E-state index contributed by atoms with van der Waals surface area (Å²) in [5.41, 5.74) is 0.906. The van der Waals surface area contributed by atoms with Crippen LogP contribution in [0.25, 0.3) is 0 Å². The van der Waals surface area contributed by atoms with Gasteiger partial charge in [0.2, 0.25) is 6.10 Å². The molecule has 1 fully saturated rings. The molecule has 0 aliphatic carbocycles. The highest BCUT2D eigenvalue weighted by Crippen LogP contribution is 2.26. The SMILES string of the molecule is O=C(O[C@@H](C(=O)N1CCCCC1)c1ccccc1)c1ccc(Cl)c(Cl)c1. The van der Waals surface area contributed by atoms with Crippen LogP contribution in [0.15, 0.2) is 48.5 Å². The summed E-state index contributed by atoms with van der Waals surface area (Å²) in [6, 6.07) is 13.6. The molecule has 1 aliphatic rings. The quantitative estimate of drug-likeness (QED) is 0.695. The molecule has 136 valence electrons. The maximum Gasteiger partial charge on any atom is 0.339 e. The molecule has 0 spiro atoms. The molecule has 4 nitrogen and oxygen atoms in total. The summed E-state index contributed by atoms with van der Waals surface area (Å²) in [6.45, 7) is 1.37. The lowest BCUT2D eigenvalue weighted by atomic mass is 10.1. The number of nitrogens with zero attached hydrogens (tertiary/aromatic N) is 1. The van der Waals surface area contributed by atoms with Crippen LogP contribution in [0.1, 0.15) is 41.3 Å². The molecular weight excluding hydrogens is 373 g/mol. The Labute approximate surface area is 162 Å². The maximum atomic E-state index is 13.0. The van der Waals surface area contributed by atoms with Crippen molar-refractivity contribution >= 4 is 35.1 Å². The topological polar surface area (TPSA) is 46.6 Å². The molecule has 0 radical (unpaired) electrons. The molecule has 1 amide bonds. The summed E-state index contributed by atoms with van der Waals surface area (Å²) in [4.78, 5) is 27.3. The summed E-state index contributed by atoms with van der Waals surface area (Å²) < 4.78 is 5.60. The predicted molar refractivity (Wildman–Crippen MR) is 101 cm³/mol. The first-order valence-electron chi connectivity index (χ1n) is 8.56. The second-order valence-electron chi connectivity index (χ2n) is 6.21. The van der Waals surface area contributed by atoms with Crippen LogP contribution in [0.3, 0.4) is 0 Å². The highest BCUT2D eigenvalue weighted by Gasteiger charge is 2.30. The number of hydrogen-bond acceptors (Lipinski definition) is 3. The van der Waals surface area contributed by atoms with Crippen molar-refractivity contribution < 1.29 is 14.3 Å². The second-order valence-corrected chi connectivity index (χ2v) is 7.03. The number of ether oxygens (including phenoxy) is 1. The fourth-order valence-corrected chi connectivity index (χ4v) is 3.27. The number of likely N-dealkylation sites (tertiary alicyclic amines) is 1. The molecule has 2 aromatic carbocycles. The van der Waals surface area contributed by atoms with E-state index in [0.29, 0.717) is 23.7 Å². The first-order valence-corrected chi connectivity index (χ1v) is 9.31. The minimum Gasteiger partial charge on any atom is -0.444 e. The van der Waals surface area contributed by atoms with Gasteiger partial charge >= 0.3 is 5.97 Å². The van der Waals surface area contributed by atoms with Crippen molar-refractivity contribution in [1.82, 2.24) is 4.90 Å². The van der Waals surface area contributed by atoms with Crippen LogP contribution in [0, 0.1) is 0 Å². The van der Waals surface area contributed by atoms with Gasteiger partial charge in [-0.2, -0.15) is 0 Å². The number of carbonyl (C=O) groups is 2. The Kier molecular flexibility index (Phi) is 6.17. The number of piperidine rings is 1. The first-order chi connectivity index (χ1) is 12.6. The predicted octanol–water partition coefficient (Wildman–Crippen LogP) is 4.90. The lowest BCUT2D eigenvalue weighted by Gasteiger charge is -2.30. The largest absolute Gasteiger partial charge is 0.444 e. The number of amides is 1. The first kappa shape index (κ1) is 18.7. The number of esters is 1. The zero-order valence-electron chi connectivity index (χ0n) is 14.2. The molecule has 0 bridgehead atoms. The molecule has 0 unspecified atom stereocenters. The Hall–Kier alpha value is -2.04. The van der Waals surface area contributed by atoms with E-state index in [0.717, 1.165) is 19.3 Å². The molecular formula is C20H19Cl2NO3. The van der Waals surface area contributed by atoms with E-state index in [1.165, 1.54) is 18.2 Å². The van der Waals surface area contributed by atoms with Crippen LogP contribution >= 0.6 is 23.2 Å². The molecule has 1 saturated heterocycles. The van der Waals surface area contributed by atoms with Gasteiger partial charge < -0.3 is 9.64 Å². The maximum absolute atomic E-state index is 13.0. The van der Waals surface area contributed by atoms with Gasteiger partial charge in [0.1, 0.15) is 0 Å². The van der Waals surface area contributed by atoms with E-state index in [1.54, 1.807) is 17.0 Å². The van der Waals surface area contributed by atoms with E-state index >= 15 is 0 Å². The normalized spacial score (nSPS) is 15.4. The molecule has 1 aliphatic heterocycles. The van der Waals surface area contributed by atoms with Crippen LogP contribution < -0.4 is 0 Å². The molecule has 2 aromatic rings. The molecule has 6 heteroatoms. The van der Waals surface area contributed by atoms with Crippen molar-refractivity contribution in [2.75, 3.05) is 13.1 Å². The number of rotatable bonds is 4. The summed E-state index contributed by atoms with van der Waals surface area (Å²) in [7, 11) is 0. The van der Waals surface area contributed by atoms with Crippen molar-refractivity contribution in [1.29, 1.82) is 0 Å². The third-order valence-electron chi connectivity index (χ3n) is 4.37. The van der Waals surface area contributed by atoms with Gasteiger partial charge in [0.25, 0.3) is 5.91 Å². The van der Waals surface area contributed by atoms with Gasteiger partial charge in [0.15, 0.2) is 0 Å². The van der Waals surface area contributed by atoms with Crippen LogP contribution in [-0.4, -0.2) is 29.9 Å². The van der Waals surface area contributed by atoms with Gasteiger partial charge in [0, 0.05) is 18.7 Å². The van der Waals surface area contributed by atoms with E-state index < -0.39 is 12.1 Å². The summed E-state index contributed by atoms with van der Waals surface area (Å²) in [5.74, 6) is -0.799. The fraction of sp³-hybridized carbons (Fsp3) is 0.300. The van der Waals surface area contributed by atoms with Gasteiger partial charge in [0.05, 0.1) is 15.6 Å². The van der Waals surface area contributed by atoms with E-state index in [4.69, 9.17) is 27.9 Å². The number of hydrogen-bond donors (Lipinski definition) is 0. The lowest BCUT2D eigenvalue weighted by molar-refractivity contribution is -0.142. The minimum atomic E-state index is -0.976. The van der Waals surface area contributed by atoms with Gasteiger partial charge in [-0.25, -0.2) is 4.79 Å². The Balaban J connectivity index is 1.84. The highest BCUT2D eigenvalue weighted by atomic mass is 35.5. The third-order valence-corrected chi connectivity index (χ3v) is 5.11. The Morgan fingerprint density at radius 2 is 1.62 bits per heavy atom. The van der Waals surface area contributed by atoms with Crippen LogP contribution in [0.5, 0.6) is 0 Å². The molecule has 0 N–H and O–H groups in total. The molecule has 1 atom stereocenters. The fourth-order valence-electron chi connectivity index (χ4n) is 2.97. The van der Waals surface area contributed by atoms with E-state index in [9.17, 15) is 9.59 Å². The van der Waals surface area contributed by atoms with Crippen LogP contribution in [0.2, 0.25) is 10.0 Å². The van der Waals surface area contributed by atoms with Gasteiger partial charge in [-0.3, -0.25) is 4.79 Å². The van der Waals surface area contributed by atoms with Crippen LogP contribution in [-0.2, 0) is 9.53 Å². The molecule has 0 aromatic heterocycles. The average Bonchev–Trinajstić information content (AvgIpc) is 2.69.